The van der Waals surface area contributed by atoms with Gasteiger partial charge in [0.1, 0.15) is 6.33 Å². The van der Waals surface area contributed by atoms with Crippen molar-refractivity contribution in [3.63, 3.8) is 0 Å². The predicted octanol–water partition coefficient (Wildman–Crippen LogP) is 0.307. The number of hydrogen-bond acceptors (Lipinski definition) is 5. The van der Waals surface area contributed by atoms with Gasteiger partial charge in [0.05, 0.1) is 12.2 Å². The number of nitrogens with zero attached hydrogens (tertiary/aromatic N) is 4. The van der Waals surface area contributed by atoms with E-state index in [0.717, 1.165) is 0 Å². The zero-order valence-corrected chi connectivity index (χ0v) is 12.7. The molecule has 0 bridgehead atoms. The van der Waals surface area contributed by atoms with Gasteiger partial charge in [0.2, 0.25) is 5.91 Å². The van der Waals surface area contributed by atoms with Crippen LogP contribution in [0.1, 0.15) is 31.1 Å². The van der Waals surface area contributed by atoms with E-state index in [-0.39, 0.29) is 23.9 Å². The van der Waals surface area contributed by atoms with Crippen LogP contribution in [-0.4, -0.2) is 44.1 Å². The van der Waals surface area contributed by atoms with Crippen molar-refractivity contribution in [2.24, 2.45) is 0 Å². The second-order valence-electron chi connectivity index (χ2n) is 5.79. The van der Waals surface area contributed by atoms with Crippen LogP contribution in [0.2, 0.25) is 0 Å². The van der Waals surface area contributed by atoms with E-state index in [4.69, 9.17) is 0 Å². The Balaban J connectivity index is 1.99. The number of aromatic nitrogens is 4. The van der Waals surface area contributed by atoms with Crippen molar-refractivity contribution in [2.45, 2.75) is 26.3 Å². The maximum atomic E-state index is 12.1. The standard InChI is InChI=1S/C14H18N6O2/c1-14(2,3)17-12(21)8-15-13(22)10-5-4-6-11(7-10)20-9-16-18-19-20/h4-7,9H,8H2,1-3H3,(H,15,22)(H,17,21). The Morgan fingerprint density at radius 1 is 1.27 bits per heavy atom. The molecule has 0 atom stereocenters. The Morgan fingerprint density at radius 3 is 2.68 bits per heavy atom. The summed E-state index contributed by atoms with van der Waals surface area (Å²) in [7, 11) is 0. The van der Waals surface area contributed by atoms with E-state index in [1.165, 1.54) is 11.0 Å². The average Bonchev–Trinajstić information content (AvgIpc) is 2.97. The van der Waals surface area contributed by atoms with Gasteiger partial charge in [-0.2, -0.15) is 0 Å². The molecule has 0 saturated heterocycles. The van der Waals surface area contributed by atoms with Crippen LogP contribution in [0.15, 0.2) is 30.6 Å². The topological polar surface area (TPSA) is 102 Å². The molecule has 0 aliphatic carbocycles. The molecule has 0 saturated carbocycles. The van der Waals surface area contributed by atoms with E-state index in [9.17, 15) is 9.59 Å². The van der Waals surface area contributed by atoms with Gasteiger partial charge in [0, 0.05) is 11.1 Å². The van der Waals surface area contributed by atoms with Crippen molar-refractivity contribution >= 4 is 11.8 Å². The van der Waals surface area contributed by atoms with Crippen LogP contribution in [0, 0.1) is 0 Å². The number of hydrogen-bond donors (Lipinski definition) is 2. The van der Waals surface area contributed by atoms with Crippen molar-refractivity contribution in [3.05, 3.63) is 36.2 Å². The zero-order valence-electron chi connectivity index (χ0n) is 12.7. The van der Waals surface area contributed by atoms with Crippen LogP contribution < -0.4 is 10.6 Å². The number of rotatable bonds is 4. The third-order valence-electron chi connectivity index (χ3n) is 2.65. The summed E-state index contributed by atoms with van der Waals surface area (Å²) in [5.41, 5.74) is 0.760. The first-order valence-corrected chi connectivity index (χ1v) is 6.78. The summed E-state index contributed by atoms with van der Waals surface area (Å²) in [6, 6.07) is 6.80. The predicted molar refractivity (Wildman–Crippen MR) is 79.4 cm³/mol. The molecule has 1 heterocycles. The fourth-order valence-electron chi connectivity index (χ4n) is 1.79. The van der Waals surface area contributed by atoms with Gasteiger partial charge in [-0.25, -0.2) is 4.68 Å². The molecule has 116 valence electrons. The van der Waals surface area contributed by atoms with E-state index in [1.54, 1.807) is 24.3 Å². The molecule has 0 spiro atoms. The molecular weight excluding hydrogens is 284 g/mol. The minimum atomic E-state index is -0.334. The number of carbonyl (C=O) groups is 2. The Hall–Kier alpha value is -2.77. The minimum Gasteiger partial charge on any atom is -0.350 e. The van der Waals surface area contributed by atoms with Gasteiger partial charge in [0.15, 0.2) is 0 Å². The number of tetrazole rings is 1. The van der Waals surface area contributed by atoms with Gasteiger partial charge in [-0.3, -0.25) is 9.59 Å². The molecule has 0 unspecified atom stereocenters. The zero-order chi connectivity index (χ0) is 16.2. The molecule has 1 aromatic carbocycles. The smallest absolute Gasteiger partial charge is 0.251 e. The van der Waals surface area contributed by atoms with E-state index in [2.05, 4.69) is 26.2 Å². The van der Waals surface area contributed by atoms with Gasteiger partial charge in [0.25, 0.3) is 5.91 Å². The quantitative estimate of drug-likeness (QED) is 0.846. The molecule has 0 fully saturated rings. The monoisotopic (exact) mass is 302 g/mol. The molecular formula is C14H18N6O2. The summed E-state index contributed by atoms with van der Waals surface area (Å²) < 4.78 is 1.45. The van der Waals surface area contributed by atoms with Crippen LogP contribution in [0.3, 0.4) is 0 Å². The summed E-state index contributed by atoms with van der Waals surface area (Å²) in [6.45, 7) is 5.55. The summed E-state index contributed by atoms with van der Waals surface area (Å²) in [5, 5.41) is 16.2. The first kappa shape index (κ1) is 15.6. The Morgan fingerprint density at radius 2 is 2.05 bits per heavy atom. The lowest BCUT2D eigenvalue weighted by atomic mass is 10.1. The van der Waals surface area contributed by atoms with Crippen LogP contribution in [0.25, 0.3) is 5.69 Å². The second kappa shape index (κ2) is 6.33. The minimum absolute atomic E-state index is 0.0782. The van der Waals surface area contributed by atoms with Crippen LogP contribution >= 0.6 is 0 Å². The van der Waals surface area contributed by atoms with Crippen molar-refractivity contribution < 1.29 is 9.59 Å². The lowest BCUT2D eigenvalue weighted by Gasteiger charge is -2.20. The molecule has 2 N–H and O–H groups in total. The molecule has 0 aliphatic heterocycles. The molecule has 8 heteroatoms. The molecule has 22 heavy (non-hydrogen) atoms. The largest absolute Gasteiger partial charge is 0.350 e. The van der Waals surface area contributed by atoms with Crippen molar-refractivity contribution in [3.8, 4) is 5.69 Å². The highest BCUT2D eigenvalue weighted by molar-refractivity contribution is 5.96. The van der Waals surface area contributed by atoms with Gasteiger partial charge >= 0.3 is 0 Å². The van der Waals surface area contributed by atoms with Crippen LogP contribution in [-0.2, 0) is 4.79 Å². The SMILES string of the molecule is CC(C)(C)NC(=O)CNC(=O)c1cccc(-n2cnnn2)c1. The van der Waals surface area contributed by atoms with E-state index in [1.807, 2.05) is 20.8 Å². The molecule has 0 radical (unpaired) electrons. The summed E-state index contributed by atoms with van der Waals surface area (Å²) in [5.74, 6) is -0.573. The van der Waals surface area contributed by atoms with Crippen molar-refractivity contribution in [1.29, 1.82) is 0 Å². The molecule has 8 nitrogen and oxygen atoms in total. The number of benzene rings is 1. The molecule has 2 aromatic rings. The third kappa shape index (κ3) is 4.37. The highest BCUT2D eigenvalue weighted by Gasteiger charge is 2.15. The fraction of sp³-hybridized carbons (Fsp3) is 0.357. The fourth-order valence-corrected chi connectivity index (χ4v) is 1.79. The van der Waals surface area contributed by atoms with Gasteiger partial charge in [-0.05, 0) is 49.4 Å². The lowest BCUT2D eigenvalue weighted by molar-refractivity contribution is -0.121. The highest BCUT2D eigenvalue weighted by Crippen LogP contribution is 2.08. The molecule has 1 aromatic heterocycles. The molecule has 0 aliphatic rings. The van der Waals surface area contributed by atoms with Crippen molar-refractivity contribution in [1.82, 2.24) is 30.8 Å². The van der Waals surface area contributed by atoms with Gasteiger partial charge < -0.3 is 10.6 Å². The Bertz CT molecular complexity index is 660. The summed E-state index contributed by atoms with van der Waals surface area (Å²) in [6.07, 6.45) is 1.44. The number of carbonyl (C=O) groups excluding carboxylic acids is 2. The second-order valence-corrected chi connectivity index (χ2v) is 5.79. The first-order chi connectivity index (χ1) is 10.3. The van der Waals surface area contributed by atoms with E-state index >= 15 is 0 Å². The average molecular weight is 302 g/mol. The first-order valence-electron chi connectivity index (χ1n) is 6.78. The molecule has 2 amide bonds. The number of nitrogens with one attached hydrogen (secondary N) is 2. The van der Waals surface area contributed by atoms with E-state index < -0.39 is 0 Å². The third-order valence-corrected chi connectivity index (χ3v) is 2.65. The highest BCUT2D eigenvalue weighted by atomic mass is 16.2. The Labute approximate surface area is 127 Å². The number of amides is 2. The van der Waals surface area contributed by atoms with Gasteiger partial charge in [-0.15, -0.1) is 5.10 Å². The summed E-state index contributed by atoms with van der Waals surface area (Å²) in [4.78, 5) is 23.8. The maximum absolute atomic E-state index is 12.1. The maximum Gasteiger partial charge on any atom is 0.251 e. The Kier molecular flexibility index (Phi) is 4.50. The summed E-state index contributed by atoms with van der Waals surface area (Å²) >= 11 is 0. The van der Waals surface area contributed by atoms with Crippen LogP contribution in [0.4, 0.5) is 0 Å². The molecule has 2 rings (SSSR count). The van der Waals surface area contributed by atoms with Crippen molar-refractivity contribution in [2.75, 3.05) is 6.54 Å². The lowest BCUT2D eigenvalue weighted by Crippen LogP contribution is -2.45. The normalized spacial score (nSPS) is 11.0. The van der Waals surface area contributed by atoms with E-state index in [0.29, 0.717) is 11.3 Å². The van der Waals surface area contributed by atoms with Crippen LogP contribution in [0.5, 0.6) is 0 Å². The van der Waals surface area contributed by atoms with Gasteiger partial charge in [-0.1, -0.05) is 6.07 Å².